The smallest absolute Gasteiger partial charge is 0.230 e. The summed E-state index contributed by atoms with van der Waals surface area (Å²) >= 11 is 5.76. The zero-order valence-corrected chi connectivity index (χ0v) is 9.74. The first-order chi connectivity index (χ1) is 8.08. The van der Waals surface area contributed by atoms with Crippen LogP contribution in [0.5, 0.6) is 0 Å². The van der Waals surface area contributed by atoms with Crippen LogP contribution in [0.3, 0.4) is 0 Å². The number of ketones is 1. The number of carbonyl (C=O) groups is 3. The predicted molar refractivity (Wildman–Crippen MR) is 61.7 cm³/mol. The Morgan fingerprint density at radius 1 is 1.24 bits per heavy atom. The van der Waals surface area contributed by atoms with Crippen LogP contribution in [-0.4, -0.2) is 29.0 Å². The monoisotopic (exact) mass is 251 g/mol. The van der Waals surface area contributed by atoms with Crippen LogP contribution in [0.25, 0.3) is 0 Å². The van der Waals surface area contributed by atoms with Gasteiger partial charge in [0.25, 0.3) is 0 Å². The highest BCUT2D eigenvalue weighted by molar-refractivity contribution is 6.31. The summed E-state index contributed by atoms with van der Waals surface area (Å²) in [6.45, 7) is -0.196. The highest BCUT2D eigenvalue weighted by Gasteiger charge is 2.30. The van der Waals surface area contributed by atoms with Gasteiger partial charge in [-0.3, -0.25) is 19.3 Å². The van der Waals surface area contributed by atoms with Crippen molar-refractivity contribution in [3.05, 3.63) is 34.9 Å². The quantitative estimate of drug-likeness (QED) is 0.607. The molecule has 0 aromatic heterocycles. The lowest BCUT2D eigenvalue weighted by molar-refractivity contribution is -0.137. The molecule has 0 unspecified atom stereocenters. The summed E-state index contributed by atoms with van der Waals surface area (Å²) in [6, 6.07) is 6.45. The molecule has 0 aliphatic carbocycles. The Kier molecular flexibility index (Phi) is 3.24. The number of nitrogens with zero attached hydrogens (tertiary/aromatic N) is 1. The molecule has 88 valence electrons. The fourth-order valence-corrected chi connectivity index (χ4v) is 1.89. The number of amides is 2. The van der Waals surface area contributed by atoms with Crippen molar-refractivity contribution in [1.29, 1.82) is 0 Å². The summed E-state index contributed by atoms with van der Waals surface area (Å²) in [6.07, 6.45) is 0.392. The van der Waals surface area contributed by atoms with Crippen LogP contribution in [0.2, 0.25) is 5.02 Å². The molecule has 1 aromatic rings. The molecule has 4 nitrogen and oxygen atoms in total. The standard InChI is InChI=1S/C12H10ClNO3/c13-9-3-1-2-8(6-9)10(15)7-14-11(16)4-5-12(14)17/h1-3,6H,4-5,7H2. The highest BCUT2D eigenvalue weighted by atomic mass is 35.5. The molecule has 1 aromatic carbocycles. The number of carbonyl (C=O) groups excluding carboxylic acids is 3. The minimum absolute atomic E-state index is 0.196. The summed E-state index contributed by atoms with van der Waals surface area (Å²) in [5, 5.41) is 0.454. The lowest BCUT2D eigenvalue weighted by Gasteiger charge is -2.12. The first kappa shape index (κ1) is 11.8. The van der Waals surface area contributed by atoms with E-state index in [0.29, 0.717) is 10.6 Å². The van der Waals surface area contributed by atoms with E-state index in [-0.39, 0.29) is 37.0 Å². The van der Waals surface area contributed by atoms with E-state index in [1.54, 1.807) is 18.2 Å². The van der Waals surface area contributed by atoms with Gasteiger partial charge < -0.3 is 0 Å². The van der Waals surface area contributed by atoms with Gasteiger partial charge in [-0.15, -0.1) is 0 Å². The Hall–Kier alpha value is -1.68. The molecule has 0 bridgehead atoms. The van der Waals surface area contributed by atoms with E-state index in [4.69, 9.17) is 11.6 Å². The molecule has 1 heterocycles. The summed E-state index contributed by atoms with van der Waals surface area (Å²) < 4.78 is 0. The van der Waals surface area contributed by atoms with Gasteiger partial charge in [-0.25, -0.2) is 0 Å². The van der Waals surface area contributed by atoms with Crippen molar-refractivity contribution in [3.8, 4) is 0 Å². The number of Topliss-reactive ketones (excluding diaryl/α,β-unsaturated/α-hetero) is 1. The van der Waals surface area contributed by atoms with Crippen molar-refractivity contribution in [3.63, 3.8) is 0 Å². The zero-order valence-electron chi connectivity index (χ0n) is 8.98. The molecule has 1 fully saturated rings. The van der Waals surface area contributed by atoms with E-state index in [1.807, 2.05) is 0 Å². The summed E-state index contributed by atoms with van der Waals surface area (Å²) in [5.74, 6) is -0.855. The molecular formula is C12H10ClNO3. The van der Waals surface area contributed by atoms with Crippen LogP contribution in [0.1, 0.15) is 23.2 Å². The van der Waals surface area contributed by atoms with Gasteiger partial charge in [0.1, 0.15) is 0 Å². The average Bonchev–Trinajstić information content (AvgIpc) is 2.61. The molecule has 1 aliphatic heterocycles. The van der Waals surface area contributed by atoms with Gasteiger partial charge in [-0.1, -0.05) is 23.7 Å². The second-order valence-electron chi connectivity index (χ2n) is 3.81. The number of likely N-dealkylation sites (tertiary alicyclic amines) is 1. The Morgan fingerprint density at radius 2 is 1.88 bits per heavy atom. The molecule has 0 atom stereocenters. The Labute approximate surface area is 103 Å². The van der Waals surface area contributed by atoms with Crippen molar-refractivity contribution in [2.45, 2.75) is 12.8 Å². The van der Waals surface area contributed by atoms with Crippen molar-refractivity contribution in [2.75, 3.05) is 6.54 Å². The highest BCUT2D eigenvalue weighted by Crippen LogP contribution is 2.15. The normalized spacial score (nSPS) is 15.5. The molecule has 0 saturated carbocycles. The minimum Gasteiger partial charge on any atom is -0.292 e. The van der Waals surface area contributed by atoms with Crippen LogP contribution in [0.15, 0.2) is 24.3 Å². The molecule has 17 heavy (non-hydrogen) atoms. The molecule has 0 radical (unpaired) electrons. The molecule has 0 spiro atoms. The van der Waals surface area contributed by atoms with Crippen LogP contribution in [0.4, 0.5) is 0 Å². The SMILES string of the molecule is O=C(CN1C(=O)CCC1=O)c1cccc(Cl)c1. The van der Waals surface area contributed by atoms with Gasteiger partial charge in [0, 0.05) is 23.4 Å². The lowest BCUT2D eigenvalue weighted by Crippen LogP contribution is -2.34. The van der Waals surface area contributed by atoms with Crippen molar-refractivity contribution < 1.29 is 14.4 Å². The maximum atomic E-state index is 11.8. The fraction of sp³-hybridized carbons (Fsp3) is 0.250. The Bertz CT molecular complexity index is 482. The van der Waals surface area contributed by atoms with Gasteiger partial charge in [-0.05, 0) is 12.1 Å². The lowest BCUT2D eigenvalue weighted by atomic mass is 10.1. The van der Waals surface area contributed by atoms with E-state index in [9.17, 15) is 14.4 Å². The fourth-order valence-electron chi connectivity index (χ4n) is 1.70. The molecule has 1 aliphatic rings. The minimum atomic E-state index is -0.287. The molecule has 0 N–H and O–H groups in total. The number of hydrogen-bond acceptors (Lipinski definition) is 3. The first-order valence-corrected chi connectivity index (χ1v) is 5.57. The van der Waals surface area contributed by atoms with Crippen LogP contribution in [0, 0.1) is 0 Å². The van der Waals surface area contributed by atoms with Crippen molar-refractivity contribution >= 4 is 29.2 Å². The van der Waals surface area contributed by atoms with Crippen LogP contribution < -0.4 is 0 Å². The number of rotatable bonds is 3. The molecule has 1 saturated heterocycles. The van der Waals surface area contributed by atoms with Gasteiger partial charge in [0.15, 0.2) is 5.78 Å². The second-order valence-corrected chi connectivity index (χ2v) is 4.24. The van der Waals surface area contributed by atoms with Gasteiger partial charge in [0.2, 0.25) is 11.8 Å². The predicted octanol–water partition coefficient (Wildman–Crippen LogP) is 1.67. The topological polar surface area (TPSA) is 54.5 Å². The Balaban J connectivity index is 2.12. The van der Waals surface area contributed by atoms with Gasteiger partial charge in [0.05, 0.1) is 6.54 Å². The van der Waals surface area contributed by atoms with E-state index in [0.717, 1.165) is 4.90 Å². The maximum absolute atomic E-state index is 11.8. The van der Waals surface area contributed by atoms with Gasteiger partial charge >= 0.3 is 0 Å². The number of halogens is 1. The first-order valence-electron chi connectivity index (χ1n) is 5.20. The zero-order chi connectivity index (χ0) is 12.4. The third-order valence-corrected chi connectivity index (χ3v) is 2.84. The molecule has 2 rings (SSSR count). The van der Waals surface area contributed by atoms with E-state index >= 15 is 0 Å². The number of hydrogen-bond donors (Lipinski definition) is 0. The Morgan fingerprint density at radius 3 is 2.47 bits per heavy atom. The van der Waals surface area contributed by atoms with Crippen LogP contribution >= 0.6 is 11.6 Å². The molecule has 2 amide bonds. The summed E-state index contributed by atoms with van der Waals surface area (Å²) in [7, 11) is 0. The summed E-state index contributed by atoms with van der Waals surface area (Å²) in [4.78, 5) is 35.5. The van der Waals surface area contributed by atoms with Crippen LogP contribution in [-0.2, 0) is 9.59 Å². The van der Waals surface area contributed by atoms with E-state index in [2.05, 4.69) is 0 Å². The second kappa shape index (κ2) is 4.67. The van der Waals surface area contributed by atoms with E-state index in [1.165, 1.54) is 6.07 Å². The van der Waals surface area contributed by atoms with E-state index < -0.39 is 0 Å². The van der Waals surface area contributed by atoms with Crippen molar-refractivity contribution in [2.24, 2.45) is 0 Å². The summed E-state index contributed by atoms with van der Waals surface area (Å²) in [5.41, 5.74) is 0.407. The largest absolute Gasteiger partial charge is 0.292 e. The number of imide groups is 1. The number of benzene rings is 1. The third kappa shape index (κ3) is 2.53. The third-order valence-electron chi connectivity index (χ3n) is 2.60. The molecule has 5 heteroatoms. The van der Waals surface area contributed by atoms with Crippen molar-refractivity contribution in [1.82, 2.24) is 4.90 Å². The average molecular weight is 252 g/mol. The maximum Gasteiger partial charge on any atom is 0.230 e. The van der Waals surface area contributed by atoms with Gasteiger partial charge in [-0.2, -0.15) is 0 Å². The molecular weight excluding hydrogens is 242 g/mol.